The first kappa shape index (κ1) is 15.1. The highest BCUT2D eigenvalue weighted by atomic mass is 79.9. The van der Waals surface area contributed by atoms with Crippen molar-refractivity contribution in [2.24, 2.45) is 5.84 Å². The number of aryl methyl sites for hydroxylation is 2. The zero-order valence-electron chi connectivity index (χ0n) is 11.5. The smallest absolute Gasteiger partial charge is 0.124 e. The highest BCUT2D eigenvalue weighted by Crippen LogP contribution is 2.25. The highest BCUT2D eigenvalue weighted by Gasteiger charge is 2.16. The van der Waals surface area contributed by atoms with Crippen molar-refractivity contribution in [3.63, 3.8) is 0 Å². The molecule has 0 aliphatic rings. The molecular formula is C15H17BrFN3. The largest absolute Gasteiger partial charge is 0.271 e. The number of nitrogens with zero attached hydrogens (tertiary/aromatic N) is 1. The van der Waals surface area contributed by atoms with E-state index >= 15 is 0 Å². The van der Waals surface area contributed by atoms with Crippen LogP contribution in [0.5, 0.6) is 0 Å². The summed E-state index contributed by atoms with van der Waals surface area (Å²) in [6, 6.07) is 6.62. The summed E-state index contributed by atoms with van der Waals surface area (Å²) in [5.41, 5.74) is 6.89. The Balaban J connectivity index is 2.28. The molecule has 3 N–H and O–H groups in total. The second-order valence-electron chi connectivity index (χ2n) is 4.87. The number of rotatable bonds is 4. The lowest BCUT2D eigenvalue weighted by atomic mass is 10.00. The van der Waals surface area contributed by atoms with Crippen molar-refractivity contribution in [3.8, 4) is 0 Å². The van der Waals surface area contributed by atoms with Gasteiger partial charge in [0.15, 0.2) is 0 Å². The maximum Gasteiger partial charge on any atom is 0.124 e. The van der Waals surface area contributed by atoms with E-state index in [4.69, 9.17) is 5.84 Å². The Bertz CT molecular complexity index is 616. The monoisotopic (exact) mass is 337 g/mol. The summed E-state index contributed by atoms with van der Waals surface area (Å²) in [5, 5.41) is 0. The quantitative estimate of drug-likeness (QED) is 0.664. The van der Waals surface area contributed by atoms with Crippen LogP contribution in [-0.2, 0) is 6.42 Å². The molecule has 106 valence electrons. The van der Waals surface area contributed by atoms with Gasteiger partial charge in [-0.2, -0.15) is 0 Å². The van der Waals surface area contributed by atoms with Crippen molar-refractivity contribution in [1.82, 2.24) is 10.4 Å². The molecule has 0 aliphatic heterocycles. The van der Waals surface area contributed by atoms with Gasteiger partial charge in [-0.25, -0.2) is 4.39 Å². The highest BCUT2D eigenvalue weighted by molar-refractivity contribution is 9.10. The van der Waals surface area contributed by atoms with Crippen LogP contribution in [-0.4, -0.2) is 4.98 Å². The number of halogens is 2. The first-order valence-electron chi connectivity index (χ1n) is 6.34. The van der Waals surface area contributed by atoms with Gasteiger partial charge in [0.1, 0.15) is 5.82 Å². The number of aromatic nitrogens is 1. The fourth-order valence-electron chi connectivity index (χ4n) is 2.23. The molecule has 0 spiro atoms. The fourth-order valence-corrected chi connectivity index (χ4v) is 2.75. The Morgan fingerprint density at radius 1 is 1.35 bits per heavy atom. The Morgan fingerprint density at radius 2 is 2.10 bits per heavy atom. The first-order valence-corrected chi connectivity index (χ1v) is 7.13. The molecule has 0 radical (unpaired) electrons. The first-order chi connectivity index (χ1) is 9.51. The van der Waals surface area contributed by atoms with E-state index in [1.807, 2.05) is 20.0 Å². The van der Waals surface area contributed by atoms with E-state index in [-0.39, 0.29) is 11.9 Å². The van der Waals surface area contributed by atoms with Crippen LogP contribution in [0.15, 0.2) is 34.9 Å². The number of benzene rings is 1. The summed E-state index contributed by atoms with van der Waals surface area (Å²) >= 11 is 3.38. The summed E-state index contributed by atoms with van der Waals surface area (Å²) in [6.45, 7) is 4.02. The Morgan fingerprint density at radius 3 is 2.70 bits per heavy atom. The van der Waals surface area contributed by atoms with Gasteiger partial charge in [-0.05, 0) is 49.1 Å². The second-order valence-corrected chi connectivity index (χ2v) is 5.73. The van der Waals surface area contributed by atoms with Gasteiger partial charge < -0.3 is 0 Å². The molecule has 1 unspecified atom stereocenters. The van der Waals surface area contributed by atoms with E-state index in [0.717, 1.165) is 26.9 Å². The minimum Gasteiger partial charge on any atom is -0.271 e. The summed E-state index contributed by atoms with van der Waals surface area (Å²) in [4.78, 5) is 4.46. The van der Waals surface area contributed by atoms with Crippen LogP contribution in [0.2, 0.25) is 0 Å². The molecule has 1 aromatic carbocycles. The van der Waals surface area contributed by atoms with Gasteiger partial charge in [0.2, 0.25) is 0 Å². The zero-order valence-corrected chi connectivity index (χ0v) is 13.0. The second kappa shape index (κ2) is 6.43. The number of hydrogen-bond acceptors (Lipinski definition) is 3. The van der Waals surface area contributed by atoms with Crippen molar-refractivity contribution in [3.05, 3.63) is 63.1 Å². The normalized spacial score (nSPS) is 12.4. The number of pyridine rings is 1. The van der Waals surface area contributed by atoms with E-state index in [1.54, 1.807) is 6.07 Å². The molecular weight excluding hydrogens is 321 g/mol. The predicted octanol–water partition coefficient (Wildman–Crippen LogP) is 3.35. The van der Waals surface area contributed by atoms with Gasteiger partial charge in [-0.15, -0.1) is 0 Å². The average Bonchev–Trinajstić information content (AvgIpc) is 2.39. The average molecular weight is 338 g/mol. The van der Waals surface area contributed by atoms with Gasteiger partial charge >= 0.3 is 0 Å². The molecule has 1 atom stereocenters. The fraction of sp³-hybridized carbons (Fsp3) is 0.267. The lowest BCUT2D eigenvalue weighted by Crippen LogP contribution is -2.31. The third-order valence-corrected chi connectivity index (χ3v) is 3.96. The van der Waals surface area contributed by atoms with E-state index in [9.17, 15) is 4.39 Å². The number of hydrazine groups is 1. The lowest BCUT2D eigenvalue weighted by molar-refractivity contribution is 0.533. The van der Waals surface area contributed by atoms with Crippen LogP contribution in [0.25, 0.3) is 0 Å². The number of nitrogens with two attached hydrogens (primary N) is 1. The predicted molar refractivity (Wildman–Crippen MR) is 81.6 cm³/mol. The van der Waals surface area contributed by atoms with Crippen LogP contribution in [0.3, 0.4) is 0 Å². The van der Waals surface area contributed by atoms with Crippen molar-refractivity contribution in [1.29, 1.82) is 0 Å². The van der Waals surface area contributed by atoms with E-state index in [2.05, 4.69) is 32.4 Å². The van der Waals surface area contributed by atoms with Crippen LogP contribution >= 0.6 is 15.9 Å². The van der Waals surface area contributed by atoms with Crippen molar-refractivity contribution in [2.45, 2.75) is 26.3 Å². The third-order valence-electron chi connectivity index (χ3n) is 3.23. The number of hydrogen-bond donors (Lipinski definition) is 2. The standard InChI is InChI=1S/C15H17BrFN3/c1-9-5-10(2)15(19-8-9)14(20-18)6-11-3-4-12(17)7-13(11)16/h3-5,7-8,14,20H,6,18H2,1-2H3. The molecule has 2 aromatic rings. The van der Waals surface area contributed by atoms with E-state index in [1.165, 1.54) is 12.1 Å². The molecule has 0 amide bonds. The van der Waals surface area contributed by atoms with Gasteiger partial charge in [-0.3, -0.25) is 16.3 Å². The Kier molecular flexibility index (Phi) is 4.86. The van der Waals surface area contributed by atoms with Gasteiger partial charge in [0.05, 0.1) is 11.7 Å². The molecule has 5 heteroatoms. The minimum absolute atomic E-state index is 0.114. The molecule has 0 bridgehead atoms. The molecule has 3 nitrogen and oxygen atoms in total. The van der Waals surface area contributed by atoms with Crippen molar-refractivity contribution >= 4 is 15.9 Å². The number of nitrogens with one attached hydrogen (secondary N) is 1. The third kappa shape index (κ3) is 3.42. The van der Waals surface area contributed by atoms with Crippen LogP contribution in [0.4, 0.5) is 4.39 Å². The molecule has 0 saturated heterocycles. The molecule has 0 fully saturated rings. The van der Waals surface area contributed by atoms with Crippen molar-refractivity contribution < 1.29 is 4.39 Å². The van der Waals surface area contributed by atoms with Crippen molar-refractivity contribution in [2.75, 3.05) is 0 Å². The van der Waals surface area contributed by atoms with E-state index < -0.39 is 0 Å². The van der Waals surface area contributed by atoms with Gasteiger partial charge in [0, 0.05) is 10.7 Å². The molecule has 2 rings (SSSR count). The molecule has 1 aromatic heterocycles. The topological polar surface area (TPSA) is 50.9 Å². The van der Waals surface area contributed by atoms with Crippen LogP contribution in [0.1, 0.15) is 28.4 Å². The van der Waals surface area contributed by atoms with Gasteiger partial charge in [0.25, 0.3) is 0 Å². The molecule has 20 heavy (non-hydrogen) atoms. The molecule has 0 aliphatic carbocycles. The molecule has 1 heterocycles. The summed E-state index contributed by atoms with van der Waals surface area (Å²) < 4.78 is 13.9. The SMILES string of the molecule is Cc1cnc(C(Cc2ccc(F)cc2Br)NN)c(C)c1. The Hall–Kier alpha value is -1.30. The van der Waals surface area contributed by atoms with Crippen LogP contribution in [0, 0.1) is 19.7 Å². The Labute approximate surface area is 126 Å². The maximum atomic E-state index is 13.1. The summed E-state index contributed by atoms with van der Waals surface area (Å²) in [5.74, 6) is 5.40. The zero-order chi connectivity index (χ0) is 14.7. The summed E-state index contributed by atoms with van der Waals surface area (Å²) in [7, 11) is 0. The van der Waals surface area contributed by atoms with Crippen LogP contribution < -0.4 is 11.3 Å². The summed E-state index contributed by atoms with van der Waals surface area (Å²) in [6.07, 6.45) is 2.46. The van der Waals surface area contributed by atoms with Gasteiger partial charge in [-0.1, -0.05) is 28.1 Å². The minimum atomic E-state index is -0.262. The maximum absolute atomic E-state index is 13.1. The van der Waals surface area contributed by atoms with E-state index in [0.29, 0.717) is 6.42 Å². The molecule has 0 saturated carbocycles. The lowest BCUT2D eigenvalue weighted by Gasteiger charge is -2.18.